The summed E-state index contributed by atoms with van der Waals surface area (Å²) in [5, 5.41) is 4.35. The van der Waals surface area contributed by atoms with Crippen molar-refractivity contribution < 1.29 is 4.52 Å². The fourth-order valence-electron chi connectivity index (χ4n) is 1.07. The molecular formula is C8H10N4OS. The average Bonchev–Trinajstić information content (AvgIpc) is 2.74. The summed E-state index contributed by atoms with van der Waals surface area (Å²) in [6.07, 6.45) is 3.48. The minimum Gasteiger partial charge on any atom is -0.375 e. The molecule has 0 saturated heterocycles. The molecule has 0 saturated carbocycles. The van der Waals surface area contributed by atoms with E-state index in [4.69, 9.17) is 10.3 Å². The largest absolute Gasteiger partial charge is 0.375 e. The predicted molar refractivity (Wildman–Crippen MR) is 53.8 cm³/mol. The number of hydrogen-bond donors (Lipinski definition) is 1. The maximum Gasteiger partial charge on any atom is 0.269 e. The summed E-state index contributed by atoms with van der Waals surface area (Å²) in [4.78, 5) is 8.95. The van der Waals surface area contributed by atoms with E-state index in [0.29, 0.717) is 11.0 Å². The summed E-state index contributed by atoms with van der Waals surface area (Å²) in [6.45, 7) is 2.07. The van der Waals surface area contributed by atoms with E-state index in [1.165, 1.54) is 11.3 Å². The number of thiazole rings is 1. The smallest absolute Gasteiger partial charge is 0.269 e. The van der Waals surface area contributed by atoms with Crippen LogP contribution in [-0.4, -0.2) is 15.1 Å². The Hall–Kier alpha value is -1.43. The first-order valence-electron chi connectivity index (χ1n) is 4.34. The van der Waals surface area contributed by atoms with Gasteiger partial charge in [-0.2, -0.15) is 4.98 Å². The van der Waals surface area contributed by atoms with Crippen LogP contribution in [0.3, 0.4) is 0 Å². The van der Waals surface area contributed by atoms with E-state index in [9.17, 15) is 0 Å². The lowest BCUT2D eigenvalue weighted by molar-refractivity contribution is 0.423. The van der Waals surface area contributed by atoms with Crippen molar-refractivity contribution in [2.45, 2.75) is 19.8 Å². The lowest BCUT2D eigenvalue weighted by atomic mass is 10.3. The van der Waals surface area contributed by atoms with Crippen LogP contribution in [0, 0.1) is 0 Å². The van der Waals surface area contributed by atoms with E-state index in [0.717, 1.165) is 23.5 Å². The first-order chi connectivity index (χ1) is 6.79. The number of rotatable bonds is 3. The molecule has 2 rings (SSSR count). The van der Waals surface area contributed by atoms with Gasteiger partial charge in [-0.25, -0.2) is 4.98 Å². The van der Waals surface area contributed by atoms with Gasteiger partial charge in [-0.3, -0.25) is 0 Å². The Labute approximate surface area is 85.0 Å². The molecule has 2 heterocycles. The van der Waals surface area contributed by atoms with E-state index < -0.39 is 0 Å². The van der Waals surface area contributed by atoms with E-state index in [1.54, 1.807) is 6.20 Å². The zero-order valence-electron chi connectivity index (χ0n) is 7.73. The summed E-state index contributed by atoms with van der Waals surface area (Å²) >= 11 is 1.34. The van der Waals surface area contributed by atoms with E-state index in [-0.39, 0.29) is 0 Å². The molecule has 2 N–H and O–H groups in total. The highest BCUT2D eigenvalue weighted by molar-refractivity contribution is 7.18. The van der Waals surface area contributed by atoms with Gasteiger partial charge in [-0.1, -0.05) is 23.4 Å². The topological polar surface area (TPSA) is 77.8 Å². The van der Waals surface area contributed by atoms with E-state index in [2.05, 4.69) is 22.0 Å². The summed E-state index contributed by atoms with van der Waals surface area (Å²) in [7, 11) is 0. The van der Waals surface area contributed by atoms with Gasteiger partial charge < -0.3 is 10.3 Å². The van der Waals surface area contributed by atoms with Crippen molar-refractivity contribution in [1.82, 2.24) is 15.1 Å². The van der Waals surface area contributed by atoms with Crippen molar-refractivity contribution in [3.8, 4) is 10.8 Å². The maximum absolute atomic E-state index is 5.50. The van der Waals surface area contributed by atoms with Crippen LogP contribution >= 0.6 is 11.3 Å². The highest BCUT2D eigenvalue weighted by atomic mass is 32.1. The first-order valence-corrected chi connectivity index (χ1v) is 5.15. The van der Waals surface area contributed by atoms with Gasteiger partial charge in [-0.05, 0) is 6.42 Å². The molecule has 2 aromatic heterocycles. The third kappa shape index (κ3) is 1.74. The van der Waals surface area contributed by atoms with Gasteiger partial charge in [0.1, 0.15) is 4.88 Å². The second-order valence-corrected chi connectivity index (χ2v) is 3.89. The number of nitrogens with zero attached hydrogens (tertiary/aromatic N) is 3. The van der Waals surface area contributed by atoms with Gasteiger partial charge in [0.25, 0.3) is 5.89 Å². The highest BCUT2D eigenvalue weighted by Gasteiger charge is 2.10. The number of aromatic nitrogens is 3. The van der Waals surface area contributed by atoms with Crippen LogP contribution in [-0.2, 0) is 6.42 Å². The van der Waals surface area contributed by atoms with Crippen molar-refractivity contribution >= 4 is 16.5 Å². The zero-order chi connectivity index (χ0) is 9.97. The molecule has 0 aliphatic carbocycles. The van der Waals surface area contributed by atoms with E-state index >= 15 is 0 Å². The first kappa shape index (κ1) is 9.14. The lowest BCUT2D eigenvalue weighted by Gasteiger charge is -1.83. The number of hydrogen-bond acceptors (Lipinski definition) is 6. The predicted octanol–water partition coefficient (Wildman–Crippen LogP) is 1.73. The van der Waals surface area contributed by atoms with Crippen molar-refractivity contribution in [2.24, 2.45) is 0 Å². The molecule has 0 fully saturated rings. The van der Waals surface area contributed by atoms with Crippen LogP contribution in [0.5, 0.6) is 0 Å². The Morgan fingerprint density at radius 1 is 1.57 bits per heavy atom. The van der Waals surface area contributed by atoms with Crippen LogP contribution in [0.4, 0.5) is 5.13 Å². The maximum atomic E-state index is 5.50. The number of nitrogen functional groups attached to an aromatic ring is 1. The number of aryl methyl sites for hydroxylation is 1. The molecule has 0 unspecified atom stereocenters. The SMILES string of the molecule is CCCc1noc(-c2cnc(N)s2)n1. The Bertz CT molecular complexity index is 422. The Kier molecular flexibility index (Phi) is 2.45. The summed E-state index contributed by atoms with van der Waals surface area (Å²) < 4.78 is 5.07. The molecule has 5 nitrogen and oxygen atoms in total. The summed E-state index contributed by atoms with van der Waals surface area (Å²) in [5.74, 6) is 1.23. The van der Waals surface area contributed by atoms with Gasteiger partial charge >= 0.3 is 0 Å². The van der Waals surface area contributed by atoms with Gasteiger partial charge in [0.15, 0.2) is 11.0 Å². The summed E-state index contributed by atoms with van der Waals surface area (Å²) in [6, 6.07) is 0. The molecule has 0 amide bonds. The summed E-state index contributed by atoms with van der Waals surface area (Å²) in [5.41, 5.74) is 5.50. The molecule has 0 radical (unpaired) electrons. The molecule has 74 valence electrons. The molecular weight excluding hydrogens is 200 g/mol. The normalized spacial score (nSPS) is 10.6. The average molecular weight is 210 g/mol. The third-order valence-electron chi connectivity index (χ3n) is 1.68. The Morgan fingerprint density at radius 3 is 3.07 bits per heavy atom. The van der Waals surface area contributed by atoms with Crippen molar-refractivity contribution in [1.29, 1.82) is 0 Å². The minimum absolute atomic E-state index is 0.502. The second kappa shape index (κ2) is 3.75. The molecule has 0 aliphatic heterocycles. The van der Waals surface area contributed by atoms with Crippen molar-refractivity contribution in [3.05, 3.63) is 12.0 Å². The molecule has 0 bridgehead atoms. The molecule has 0 aromatic carbocycles. The molecule has 0 spiro atoms. The Morgan fingerprint density at radius 2 is 2.43 bits per heavy atom. The fourth-order valence-corrected chi connectivity index (χ4v) is 1.67. The minimum atomic E-state index is 0.502. The zero-order valence-corrected chi connectivity index (χ0v) is 8.54. The van der Waals surface area contributed by atoms with Crippen LogP contribution < -0.4 is 5.73 Å². The monoisotopic (exact) mass is 210 g/mol. The van der Waals surface area contributed by atoms with E-state index in [1.807, 2.05) is 0 Å². The van der Waals surface area contributed by atoms with Crippen molar-refractivity contribution in [3.63, 3.8) is 0 Å². The fraction of sp³-hybridized carbons (Fsp3) is 0.375. The van der Waals surface area contributed by atoms with Gasteiger partial charge in [-0.15, -0.1) is 0 Å². The second-order valence-electron chi connectivity index (χ2n) is 2.83. The number of anilines is 1. The third-order valence-corrected chi connectivity index (χ3v) is 2.49. The molecule has 14 heavy (non-hydrogen) atoms. The molecule has 0 aliphatic rings. The van der Waals surface area contributed by atoms with Crippen molar-refractivity contribution in [2.75, 3.05) is 5.73 Å². The van der Waals surface area contributed by atoms with Gasteiger partial charge in [0.2, 0.25) is 0 Å². The standard InChI is InChI=1S/C8H10N4OS/c1-2-3-6-11-7(13-12-6)5-4-10-8(9)14-5/h4H,2-3H2,1H3,(H2,9,10). The van der Waals surface area contributed by atoms with Crippen LogP contribution in [0.2, 0.25) is 0 Å². The Balaban J connectivity index is 2.24. The van der Waals surface area contributed by atoms with Crippen LogP contribution in [0.25, 0.3) is 10.8 Å². The molecule has 0 atom stereocenters. The molecule has 2 aromatic rings. The quantitative estimate of drug-likeness (QED) is 0.834. The van der Waals surface area contributed by atoms with Gasteiger partial charge in [0.05, 0.1) is 6.20 Å². The lowest BCUT2D eigenvalue weighted by Crippen LogP contribution is -1.84. The van der Waals surface area contributed by atoms with Crippen LogP contribution in [0.15, 0.2) is 10.7 Å². The van der Waals surface area contributed by atoms with Crippen LogP contribution in [0.1, 0.15) is 19.2 Å². The highest BCUT2D eigenvalue weighted by Crippen LogP contribution is 2.25. The molecule has 6 heteroatoms. The van der Waals surface area contributed by atoms with Gasteiger partial charge in [0, 0.05) is 6.42 Å². The number of nitrogens with two attached hydrogens (primary N) is 1.